The van der Waals surface area contributed by atoms with E-state index in [4.69, 9.17) is 0 Å². The van der Waals surface area contributed by atoms with Crippen LogP contribution in [-0.4, -0.2) is 64.7 Å². The molecule has 1 aromatic rings. The number of likely N-dealkylation sites (N-methyl/N-ethyl adjacent to an activating group) is 1. The lowest BCUT2D eigenvalue weighted by Gasteiger charge is -2.21. The first-order valence-electron chi connectivity index (χ1n) is 7.50. The molecule has 0 atom stereocenters. The van der Waals surface area contributed by atoms with Crippen molar-refractivity contribution in [2.24, 2.45) is 0 Å². The summed E-state index contributed by atoms with van der Waals surface area (Å²) in [5.74, 6) is 0. The van der Waals surface area contributed by atoms with E-state index < -0.39 is 0 Å². The molecular formula is C14H25N5O. The van der Waals surface area contributed by atoms with Gasteiger partial charge in [-0.05, 0) is 25.9 Å². The van der Waals surface area contributed by atoms with Crippen molar-refractivity contribution in [2.75, 3.05) is 39.3 Å². The molecule has 1 fully saturated rings. The first-order valence-corrected chi connectivity index (χ1v) is 7.50. The molecule has 2 heterocycles. The standard InChI is InChI=1S/C14H25N5O/c1-2-17-8-4-9-19(12-11-17)14(20)16-5-3-7-18-10-6-15-13-18/h6,10,13H,2-5,7-9,11-12H2,1H3,(H,16,20). The van der Waals surface area contributed by atoms with E-state index in [9.17, 15) is 4.79 Å². The van der Waals surface area contributed by atoms with Crippen LogP contribution in [0.2, 0.25) is 0 Å². The maximum absolute atomic E-state index is 12.1. The van der Waals surface area contributed by atoms with Gasteiger partial charge in [0.15, 0.2) is 0 Å². The Morgan fingerprint density at radius 1 is 1.30 bits per heavy atom. The molecule has 6 nitrogen and oxygen atoms in total. The van der Waals surface area contributed by atoms with Crippen LogP contribution in [0.1, 0.15) is 19.8 Å². The van der Waals surface area contributed by atoms with E-state index in [1.165, 1.54) is 0 Å². The number of rotatable bonds is 5. The van der Waals surface area contributed by atoms with E-state index in [1.807, 2.05) is 15.7 Å². The predicted octanol–water partition coefficient (Wildman–Crippen LogP) is 1.01. The molecule has 0 spiro atoms. The summed E-state index contributed by atoms with van der Waals surface area (Å²) >= 11 is 0. The second-order valence-electron chi connectivity index (χ2n) is 5.16. The number of nitrogens with zero attached hydrogens (tertiary/aromatic N) is 4. The molecule has 20 heavy (non-hydrogen) atoms. The molecule has 112 valence electrons. The van der Waals surface area contributed by atoms with Gasteiger partial charge in [-0.15, -0.1) is 0 Å². The van der Waals surface area contributed by atoms with Crippen LogP contribution in [0.25, 0.3) is 0 Å². The minimum absolute atomic E-state index is 0.0774. The molecule has 1 aliphatic rings. The average molecular weight is 279 g/mol. The van der Waals surface area contributed by atoms with E-state index in [0.29, 0.717) is 6.54 Å². The lowest BCUT2D eigenvalue weighted by atomic mass is 10.4. The Bertz CT molecular complexity index is 392. The maximum Gasteiger partial charge on any atom is 0.317 e. The van der Waals surface area contributed by atoms with Crippen molar-refractivity contribution < 1.29 is 4.79 Å². The van der Waals surface area contributed by atoms with Gasteiger partial charge < -0.3 is 19.7 Å². The molecule has 1 aromatic heterocycles. The van der Waals surface area contributed by atoms with Crippen molar-refractivity contribution in [3.05, 3.63) is 18.7 Å². The predicted molar refractivity (Wildman–Crippen MR) is 78.5 cm³/mol. The number of carbonyl (C=O) groups excluding carboxylic acids is 1. The second-order valence-corrected chi connectivity index (χ2v) is 5.16. The Morgan fingerprint density at radius 2 is 2.20 bits per heavy atom. The molecule has 1 N–H and O–H groups in total. The number of aryl methyl sites for hydroxylation is 1. The van der Waals surface area contributed by atoms with Crippen LogP contribution in [0.15, 0.2) is 18.7 Å². The van der Waals surface area contributed by atoms with Gasteiger partial charge in [-0.25, -0.2) is 9.78 Å². The van der Waals surface area contributed by atoms with Gasteiger partial charge in [-0.1, -0.05) is 6.92 Å². The van der Waals surface area contributed by atoms with Gasteiger partial charge in [0.05, 0.1) is 6.33 Å². The molecule has 0 bridgehead atoms. The third kappa shape index (κ3) is 4.52. The van der Waals surface area contributed by atoms with Crippen LogP contribution in [0.5, 0.6) is 0 Å². The number of imidazole rings is 1. The first-order chi connectivity index (χ1) is 9.79. The number of hydrogen-bond donors (Lipinski definition) is 1. The van der Waals surface area contributed by atoms with Crippen molar-refractivity contribution in [1.82, 2.24) is 24.7 Å². The van der Waals surface area contributed by atoms with Crippen LogP contribution < -0.4 is 5.32 Å². The van der Waals surface area contributed by atoms with E-state index in [0.717, 1.165) is 52.1 Å². The van der Waals surface area contributed by atoms with E-state index >= 15 is 0 Å². The Morgan fingerprint density at radius 3 is 2.95 bits per heavy atom. The molecule has 0 radical (unpaired) electrons. The van der Waals surface area contributed by atoms with Gasteiger partial charge in [0.25, 0.3) is 0 Å². The fourth-order valence-electron chi connectivity index (χ4n) is 2.48. The summed E-state index contributed by atoms with van der Waals surface area (Å²) in [6.07, 6.45) is 7.51. The zero-order chi connectivity index (χ0) is 14.2. The molecule has 2 amide bonds. The number of carbonyl (C=O) groups is 1. The van der Waals surface area contributed by atoms with Gasteiger partial charge in [-0.3, -0.25) is 0 Å². The van der Waals surface area contributed by atoms with Gasteiger partial charge in [0.2, 0.25) is 0 Å². The molecule has 1 aliphatic heterocycles. The molecule has 0 aliphatic carbocycles. The highest BCUT2D eigenvalue weighted by atomic mass is 16.2. The monoisotopic (exact) mass is 279 g/mol. The van der Waals surface area contributed by atoms with E-state index in [2.05, 4.69) is 22.1 Å². The van der Waals surface area contributed by atoms with Crippen molar-refractivity contribution in [3.63, 3.8) is 0 Å². The molecule has 2 rings (SSSR count). The average Bonchev–Trinajstić information content (AvgIpc) is 2.86. The van der Waals surface area contributed by atoms with Gasteiger partial charge in [0, 0.05) is 45.1 Å². The summed E-state index contributed by atoms with van der Waals surface area (Å²) in [6, 6.07) is 0.0774. The fraction of sp³-hybridized carbons (Fsp3) is 0.714. The van der Waals surface area contributed by atoms with E-state index in [1.54, 1.807) is 12.5 Å². The Balaban J connectivity index is 1.64. The van der Waals surface area contributed by atoms with Gasteiger partial charge in [0.1, 0.15) is 0 Å². The number of urea groups is 1. The first kappa shape index (κ1) is 14.8. The minimum atomic E-state index is 0.0774. The quantitative estimate of drug-likeness (QED) is 0.819. The minimum Gasteiger partial charge on any atom is -0.338 e. The molecule has 0 unspecified atom stereocenters. The summed E-state index contributed by atoms with van der Waals surface area (Å²) in [4.78, 5) is 20.4. The lowest BCUT2D eigenvalue weighted by molar-refractivity contribution is 0.198. The highest BCUT2D eigenvalue weighted by Gasteiger charge is 2.17. The Labute approximate surface area is 120 Å². The summed E-state index contributed by atoms with van der Waals surface area (Å²) in [6.45, 7) is 8.63. The van der Waals surface area contributed by atoms with Crippen LogP contribution in [0.3, 0.4) is 0 Å². The number of hydrogen-bond acceptors (Lipinski definition) is 3. The number of amides is 2. The molecule has 6 heteroatoms. The summed E-state index contributed by atoms with van der Waals surface area (Å²) in [5.41, 5.74) is 0. The fourth-order valence-corrected chi connectivity index (χ4v) is 2.48. The van der Waals surface area contributed by atoms with Crippen molar-refractivity contribution in [3.8, 4) is 0 Å². The Kier molecular flexibility index (Phi) is 5.86. The van der Waals surface area contributed by atoms with Gasteiger partial charge >= 0.3 is 6.03 Å². The van der Waals surface area contributed by atoms with Crippen molar-refractivity contribution in [2.45, 2.75) is 26.3 Å². The topological polar surface area (TPSA) is 53.4 Å². The van der Waals surface area contributed by atoms with Crippen LogP contribution in [0, 0.1) is 0 Å². The molecule has 0 aromatic carbocycles. The molecule has 1 saturated heterocycles. The number of aromatic nitrogens is 2. The number of nitrogens with one attached hydrogen (secondary N) is 1. The highest BCUT2D eigenvalue weighted by molar-refractivity contribution is 5.74. The summed E-state index contributed by atoms with van der Waals surface area (Å²) < 4.78 is 2.03. The van der Waals surface area contributed by atoms with Crippen molar-refractivity contribution in [1.29, 1.82) is 0 Å². The third-order valence-corrected chi connectivity index (χ3v) is 3.75. The SMILES string of the molecule is CCN1CCCN(C(=O)NCCCn2ccnc2)CC1. The van der Waals surface area contributed by atoms with Crippen LogP contribution >= 0.6 is 0 Å². The lowest BCUT2D eigenvalue weighted by Crippen LogP contribution is -2.42. The normalized spacial score (nSPS) is 16.9. The van der Waals surface area contributed by atoms with Crippen LogP contribution in [0.4, 0.5) is 4.79 Å². The zero-order valence-electron chi connectivity index (χ0n) is 12.3. The molecular weight excluding hydrogens is 254 g/mol. The largest absolute Gasteiger partial charge is 0.338 e. The zero-order valence-corrected chi connectivity index (χ0v) is 12.3. The molecule has 0 saturated carbocycles. The maximum atomic E-state index is 12.1. The Hall–Kier alpha value is -1.56. The highest BCUT2D eigenvalue weighted by Crippen LogP contribution is 2.03. The summed E-state index contributed by atoms with van der Waals surface area (Å²) in [7, 11) is 0. The third-order valence-electron chi connectivity index (χ3n) is 3.75. The summed E-state index contributed by atoms with van der Waals surface area (Å²) in [5, 5.41) is 3.01. The van der Waals surface area contributed by atoms with Crippen LogP contribution in [-0.2, 0) is 6.54 Å². The van der Waals surface area contributed by atoms with E-state index in [-0.39, 0.29) is 6.03 Å². The van der Waals surface area contributed by atoms with Crippen molar-refractivity contribution >= 4 is 6.03 Å². The second kappa shape index (κ2) is 7.89. The smallest absolute Gasteiger partial charge is 0.317 e. The van der Waals surface area contributed by atoms with Gasteiger partial charge in [-0.2, -0.15) is 0 Å².